The summed E-state index contributed by atoms with van der Waals surface area (Å²) in [4.78, 5) is 15.0. The van der Waals surface area contributed by atoms with Gasteiger partial charge in [0.15, 0.2) is 0 Å². The number of ether oxygens (including phenoxy) is 1. The van der Waals surface area contributed by atoms with Gasteiger partial charge in [0.2, 0.25) is 0 Å². The first-order valence-corrected chi connectivity index (χ1v) is 6.20. The molecule has 0 atom stereocenters. The zero-order chi connectivity index (χ0) is 13.0. The summed E-state index contributed by atoms with van der Waals surface area (Å²) in [7, 11) is 1.25. The minimum absolute atomic E-state index is 0.0556. The molecule has 0 saturated carbocycles. The highest BCUT2D eigenvalue weighted by molar-refractivity contribution is 14.1. The van der Waals surface area contributed by atoms with Crippen molar-refractivity contribution in [1.29, 1.82) is 0 Å². The molecule has 3 nitrogen and oxygen atoms in total. The molecule has 0 aliphatic rings. The molecule has 0 unspecified atom stereocenters. The fraction of sp³-hybridized carbons (Fsp3) is 0.400. The Morgan fingerprint density at radius 3 is 2.76 bits per heavy atom. The summed E-state index contributed by atoms with van der Waals surface area (Å²) in [5.74, 6) is -0.594. The van der Waals surface area contributed by atoms with E-state index in [1.54, 1.807) is 22.6 Å². The fourth-order valence-electron chi connectivity index (χ4n) is 1.27. The molecule has 0 spiro atoms. The number of halogens is 4. The molecule has 0 aromatic carbocycles. The predicted molar refractivity (Wildman–Crippen MR) is 67.2 cm³/mol. The Morgan fingerprint density at radius 1 is 1.65 bits per heavy atom. The summed E-state index contributed by atoms with van der Waals surface area (Å²) in [5.41, 5.74) is 0.308. The van der Waals surface area contributed by atoms with Gasteiger partial charge in [-0.25, -0.2) is 8.78 Å². The number of nitrogens with zero attached hydrogens (tertiary/aromatic N) is 1. The van der Waals surface area contributed by atoms with E-state index in [9.17, 15) is 13.6 Å². The zero-order valence-electron chi connectivity index (χ0n) is 8.84. The molecular formula is C10H9ClF2INO2. The van der Waals surface area contributed by atoms with Gasteiger partial charge in [-0.15, -0.1) is 11.6 Å². The molecule has 1 rings (SSSR count). The van der Waals surface area contributed by atoms with Crippen LogP contribution in [0.4, 0.5) is 8.78 Å². The minimum Gasteiger partial charge on any atom is -0.469 e. The first-order chi connectivity index (χ1) is 7.99. The number of hydrogen-bond acceptors (Lipinski definition) is 3. The third-order valence-electron chi connectivity index (χ3n) is 2.04. The number of alkyl halides is 3. The predicted octanol–water partition coefficient (Wildman–Crippen LogP) is 3.08. The number of methoxy groups -OCH3 is 1. The summed E-state index contributed by atoms with van der Waals surface area (Å²) in [6.07, 6.45) is -2.68. The molecule has 1 heterocycles. The Hall–Kier alpha value is -0.500. The summed E-state index contributed by atoms with van der Waals surface area (Å²) >= 11 is 7.35. The van der Waals surface area contributed by atoms with Gasteiger partial charge in [-0.1, -0.05) is 0 Å². The molecule has 0 aliphatic carbocycles. The van der Waals surface area contributed by atoms with Gasteiger partial charge in [0.05, 0.1) is 36.4 Å². The first-order valence-electron chi connectivity index (χ1n) is 4.58. The summed E-state index contributed by atoms with van der Waals surface area (Å²) in [6, 6.07) is 1.44. The van der Waals surface area contributed by atoms with Crippen LogP contribution in [-0.4, -0.2) is 18.1 Å². The number of esters is 1. The highest BCUT2D eigenvalue weighted by atomic mass is 127. The molecule has 0 radical (unpaired) electrons. The van der Waals surface area contributed by atoms with Crippen molar-refractivity contribution in [3.8, 4) is 0 Å². The summed E-state index contributed by atoms with van der Waals surface area (Å²) in [5, 5.41) is 0. The van der Waals surface area contributed by atoms with E-state index in [-0.39, 0.29) is 23.6 Å². The van der Waals surface area contributed by atoms with Gasteiger partial charge in [0, 0.05) is 3.57 Å². The van der Waals surface area contributed by atoms with Gasteiger partial charge < -0.3 is 4.74 Å². The molecular weight excluding hydrogens is 366 g/mol. The van der Waals surface area contributed by atoms with Crippen molar-refractivity contribution in [3.63, 3.8) is 0 Å². The number of carbonyl (C=O) groups is 1. The van der Waals surface area contributed by atoms with Crippen LogP contribution in [0.25, 0.3) is 0 Å². The largest absolute Gasteiger partial charge is 0.469 e. The van der Waals surface area contributed by atoms with E-state index in [2.05, 4.69) is 9.72 Å². The van der Waals surface area contributed by atoms with E-state index in [0.29, 0.717) is 9.26 Å². The van der Waals surface area contributed by atoms with Crippen molar-refractivity contribution in [2.45, 2.75) is 18.7 Å². The van der Waals surface area contributed by atoms with Crippen molar-refractivity contribution in [2.75, 3.05) is 7.11 Å². The van der Waals surface area contributed by atoms with Crippen LogP contribution >= 0.6 is 34.2 Å². The molecule has 7 heteroatoms. The lowest BCUT2D eigenvalue weighted by atomic mass is 10.1. The molecule has 0 bridgehead atoms. The molecule has 0 saturated heterocycles. The van der Waals surface area contributed by atoms with Gasteiger partial charge in [-0.05, 0) is 28.7 Å². The molecule has 0 amide bonds. The maximum absolute atomic E-state index is 12.7. The van der Waals surface area contributed by atoms with Crippen LogP contribution in [0.2, 0.25) is 0 Å². The zero-order valence-corrected chi connectivity index (χ0v) is 11.8. The van der Waals surface area contributed by atoms with Crippen molar-refractivity contribution in [1.82, 2.24) is 4.98 Å². The maximum atomic E-state index is 12.7. The second-order valence-corrected chi connectivity index (χ2v) is 4.57. The van der Waals surface area contributed by atoms with Crippen molar-refractivity contribution < 1.29 is 18.3 Å². The Balaban J connectivity index is 3.13. The van der Waals surface area contributed by atoms with E-state index < -0.39 is 12.4 Å². The lowest BCUT2D eigenvalue weighted by molar-refractivity contribution is -0.139. The van der Waals surface area contributed by atoms with Crippen LogP contribution in [0.1, 0.15) is 23.4 Å². The second kappa shape index (κ2) is 6.44. The van der Waals surface area contributed by atoms with Gasteiger partial charge in [-0.3, -0.25) is 9.78 Å². The first kappa shape index (κ1) is 14.6. The van der Waals surface area contributed by atoms with Gasteiger partial charge in [0.1, 0.15) is 0 Å². The molecule has 0 fully saturated rings. The van der Waals surface area contributed by atoms with Crippen LogP contribution in [-0.2, 0) is 21.8 Å². The van der Waals surface area contributed by atoms with Crippen LogP contribution in [0, 0.1) is 3.57 Å². The average Bonchev–Trinajstić information content (AvgIpc) is 2.27. The molecule has 1 aromatic heterocycles. The van der Waals surface area contributed by atoms with Crippen LogP contribution in [0.3, 0.4) is 0 Å². The van der Waals surface area contributed by atoms with E-state index in [1.165, 1.54) is 13.2 Å². The number of carbonyl (C=O) groups excluding carboxylic acids is 1. The van der Waals surface area contributed by atoms with Crippen molar-refractivity contribution >= 4 is 40.2 Å². The van der Waals surface area contributed by atoms with Crippen LogP contribution < -0.4 is 0 Å². The smallest absolute Gasteiger partial charge is 0.311 e. The van der Waals surface area contributed by atoms with Gasteiger partial charge in [-0.2, -0.15) is 0 Å². The summed E-state index contributed by atoms with van der Waals surface area (Å²) in [6.45, 7) is 0. The quantitative estimate of drug-likeness (QED) is 0.461. The Bertz CT molecular complexity index is 429. The van der Waals surface area contributed by atoms with E-state index in [4.69, 9.17) is 11.6 Å². The molecule has 1 aromatic rings. The Kier molecular flexibility index (Phi) is 5.51. The normalized spacial score (nSPS) is 10.7. The SMILES string of the molecule is COC(=O)Cc1cc(I)c(C(F)F)c(CCl)n1. The van der Waals surface area contributed by atoms with Crippen LogP contribution in [0.5, 0.6) is 0 Å². The molecule has 94 valence electrons. The standard InChI is InChI=1S/C10H9ClF2INO2/c1-17-8(16)3-5-2-6(14)9(10(12)13)7(4-11)15-5/h2,10H,3-4H2,1H3. The monoisotopic (exact) mass is 375 g/mol. The summed E-state index contributed by atoms with van der Waals surface area (Å²) < 4.78 is 30.3. The third-order valence-corrected chi connectivity index (χ3v) is 3.18. The van der Waals surface area contributed by atoms with Crippen molar-refractivity contribution in [3.05, 3.63) is 26.6 Å². The van der Waals surface area contributed by atoms with Gasteiger partial charge in [0.25, 0.3) is 6.43 Å². The molecule has 0 aliphatic heterocycles. The number of pyridine rings is 1. The highest BCUT2D eigenvalue weighted by Gasteiger charge is 2.19. The van der Waals surface area contributed by atoms with E-state index in [0.717, 1.165) is 0 Å². The Labute approximate surface area is 116 Å². The maximum Gasteiger partial charge on any atom is 0.311 e. The fourth-order valence-corrected chi connectivity index (χ4v) is 2.38. The lowest BCUT2D eigenvalue weighted by Gasteiger charge is -2.10. The number of aromatic nitrogens is 1. The van der Waals surface area contributed by atoms with E-state index in [1.807, 2.05) is 0 Å². The number of hydrogen-bond donors (Lipinski definition) is 0. The number of rotatable bonds is 4. The Morgan fingerprint density at radius 2 is 2.29 bits per heavy atom. The topological polar surface area (TPSA) is 39.2 Å². The average molecular weight is 376 g/mol. The van der Waals surface area contributed by atoms with E-state index >= 15 is 0 Å². The molecule has 0 N–H and O–H groups in total. The third kappa shape index (κ3) is 3.74. The lowest BCUT2D eigenvalue weighted by Crippen LogP contribution is -2.09. The highest BCUT2D eigenvalue weighted by Crippen LogP contribution is 2.28. The van der Waals surface area contributed by atoms with Crippen molar-refractivity contribution in [2.24, 2.45) is 0 Å². The van der Waals surface area contributed by atoms with Crippen LogP contribution in [0.15, 0.2) is 6.07 Å². The minimum atomic E-state index is -2.63. The second-order valence-electron chi connectivity index (χ2n) is 3.14. The molecule has 17 heavy (non-hydrogen) atoms. The van der Waals surface area contributed by atoms with Gasteiger partial charge >= 0.3 is 5.97 Å².